The molecule has 1 amide bonds. The molecular weight excluding hydrogens is 423 g/mol. The number of benzene rings is 2. The van der Waals surface area contributed by atoms with Crippen LogP contribution in [0, 0.1) is 43.3 Å². The molecule has 2 aliphatic heterocycles. The van der Waals surface area contributed by atoms with Gasteiger partial charge in [-0.25, -0.2) is 4.39 Å². The fraction of sp³-hybridized carbons (Fsp3) is 0.500. The Labute approximate surface area is 204 Å². The maximum Gasteiger partial charge on any atom is 0.229 e. The third-order valence-electron chi connectivity index (χ3n) is 7.25. The Bertz CT molecular complexity index is 1050. The minimum atomic E-state index is -0.158. The highest BCUT2D eigenvalue weighted by molar-refractivity contribution is 5.97. The molecule has 2 fully saturated rings. The Kier molecular flexibility index (Phi) is 8.06. The SMILES string of the molecule is Cc1cc(C#CCCCN2CCCC2)cc(C)c1N1C[C@@H](Cc2ccccc2F)C[C@@H](C)C1=O. The largest absolute Gasteiger partial charge is 0.311 e. The van der Waals surface area contributed by atoms with Crippen LogP contribution in [-0.4, -0.2) is 37.0 Å². The minimum absolute atomic E-state index is 0.0700. The van der Waals surface area contributed by atoms with E-state index < -0.39 is 0 Å². The van der Waals surface area contributed by atoms with Crippen molar-refractivity contribution in [2.24, 2.45) is 11.8 Å². The predicted octanol–water partition coefficient (Wildman–Crippen LogP) is 5.90. The molecule has 4 rings (SSSR count). The number of carbonyl (C=O) groups is 1. The zero-order chi connectivity index (χ0) is 24.1. The van der Waals surface area contributed by atoms with E-state index in [1.54, 1.807) is 6.07 Å². The molecule has 0 aromatic heterocycles. The molecule has 34 heavy (non-hydrogen) atoms. The highest BCUT2D eigenvalue weighted by Crippen LogP contribution is 2.34. The minimum Gasteiger partial charge on any atom is -0.311 e. The number of amides is 1. The molecule has 2 aromatic rings. The topological polar surface area (TPSA) is 23.6 Å². The second-order valence-corrected chi connectivity index (χ2v) is 10.2. The van der Waals surface area contributed by atoms with Crippen molar-refractivity contribution in [2.75, 3.05) is 31.1 Å². The summed E-state index contributed by atoms with van der Waals surface area (Å²) < 4.78 is 14.2. The summed E-state index contributed by atoms with van der Waals surface area (Å²) in [6, 6.07) is 11.2. The summed E-state index contributed by atoms with van der Waals surface area (Å²) in [5.41, 5.74) is 4.90. The lowest BCUT2D eigenvalue weighted by Gasteiger charge is -2.38. The van der Waals surface area contributed by atoms with Gasteiger partial charge in [0.15, 0.2) is 0 Å². The zero-order valence-corrected chi connectivity index (χ0v) is 20.9. The highest BCUT2D eigenvalue weighted by Gasteiger charge is 2.34. The lowest BCUT2D eigenvalue weighted by atomic mass is 9.84. The number of piperidine rings is 1. The van der Waals surface area contributed by atoms with Crippen LogP contribution in [0.25, 0.3) is 0 Å². The molecule has 180 valence electrons. The Morgan fingerprint density at radius 1 is 1.09 bits per heavy atom. The molecule has 0 saturated carbocycles. The van der Waals surface area contributed by atoms with E-state index in [9.17, 15) is 9.18 Å². The van der Waals surface area contributed by atoms with Gasteiger partial charge in [0.1, 0.15) is 5.82 Å². The Balaban J connectivity index is 1.45. The van der Waals surface area contributed by atoms with Gasteiger partial charge in [0.2, 0.25) is 5.91 Å². The van der Waals surface area contributed by atoms with Crippen molar-refractivity contribution in [1.82, 2.24) is 4.90 Å². The highest BCUT2D eigenvalue weighted by atomic mass is 19.1. The number of rotatable bonds is 6. The first-order chi connectivity index (χ1) is 16.4. The smallest absolute Gasteiger partial charge is 0.229 e. The van der Waals surface area contributed by atoms with E-state index in [-0.39, 0.29) is 23.6 Å². The first-order valence-electron chi connectivity index (χ1n) is 12.8. The Morgan fingerprint density at radius 2 is 1.79 bits per heavy atom. The van der Waals surface area contributed by atoms with Gasteiger partial charge in [-0.05, 0) is 106 Å². The van der Waals surface area contributed by atoms with Gasteiger partial charge in [-0.1, -0.05) is 37.0 Å². The quantitative estimate of drug-likeness (QED) is 0.396. The molecule has 2 saturated heterocycles. The Morgan fingerprint density at radius 3 is 2.50 bits per heavy atom. The fourth-order valence-corrected chi connectivity index (χ4v) is 5.63. The summed E-state index contributed by atoms with van der Waals surface area (Å²) in [6.07, 6.45) is 6.14. The second-order valence-electron chi connectivity index (χ2n) is 10.2. The van der Waals surface area contributed by atoms with Crippen molar-refractivity contribution < 1.29 is 9.18 Å². The third kappa shape index (κ3) is 5.88. The molecule has 0 radical (unpaired) electrons. The maximum atomic E-state index is 14.2. The predicted molar refractivity (Wildman–Crippen MR) is 137 cm³/mol. The summed E-state index contributed by atoms with van der Waals surface area (Å²) in [5.74, 6) is 6.85. The van der Waals surface area contributed by atoms with Crippen LogP contribution in [0.1, 0.15) is 61.3 Å². The van der Waals surface area contributed by atoms with Crippen molar-refractivity contribution >= 4 is 11.6 Å². The number of halogens is 1. The number of aryl methyl sites for hydroxylation is 2. The van der Waals surface area contributed by atoms with Gasteiger partial charge in [0.25, 0.3) is 0 Å². The van der Waals surface area contributed by atoms with Crippen molar-refractivity contribution in [1.29, 1.82) is 0 Å². The van der Waals surface area contributed by atoms with Gasteiger partial charge in [-0.3, -0.25) is 4.79 Å². The van der Waals surface area contributed by atoms with E-state index in [2.05, 4.69) is 42.7 Å². The monoisotopic (exact) mass is 460 g/mol. The van der Waals surface area contributed by atoms with E-state index in [4.69, 9.17) is 0 Å². The van der Waals surface area contributed by atoms with Gasteiger partial charge < -0.3 is 9.80 Å². The maximum absolute atomic E-state index is 14.2. The molecule has 2 heterocycles. The van der Waals surface area contributed by atoms with Crippen LogP contribution in [0.4, 0.5) is 10.1 Å². The number of unbranched alkanes of at least 4 members (excludes halogenated alkanes) is 1. The molecule has 0 N–H and O–H groups in total. The average Bonchev–Trinajstić information content (AvgIpc) is 3.31. The van der Waals surface area contributed by atoms with Gasteiger partial charge in [-0.15, -0.1) is 0 Å². The Hall–Kier alpha value is -2.64. The lowest BCUT2D eigenvalue weighted by Crippen LogP contribution is -2.46. The number of likely N-dealkylation sites (tertiary alicyclic amines) is 1. The fourth-order valence-electron chi connectivity index (χ4n) is 5.63. The molecule has 2 aromatic carbocycles. The van der Waals surface area contributed by atoms with Gasteiger partial charge in [0, 0.05) is 30.1 Å². The van der Waals surface area contributed by atoms with E-state index in [1.807, 2.05) is 24.0 Å². The lowest BCUT2D eigenvalue weighted by molar-refractivity contribution is -0.124. The van der Waals surface area contributed by atoms with Crippen LogP contribution in [0.2, 0.25) is 0 Å². The van der Waals surface area contributed by atoms with E-state index in [0.717, 1.165) is 53.7 Å². The van der Waals surface area contributed by atoms with Crippen LogP contribution in [0.15, 0.2) is 36.4 Å². The summed E-state index contributed by atoms with van der Waals surface area (Å²) in [7, 11) is 0. The molecule has 3 nitrogen and oxygen atoms in total. The molecule has 2 aliphatic rings. The van der Waals surface area contributed by atoms with Crippen LogP contribution >= 0.6 is 0 Å². The van der Waals surface area contributed by atoms with Crippen molar-refractivity contribution in [3.8, 4) is 11.8 Å². The number of hydrogen-bond acceptors (Lipinski definition) is 2. The summed E-state index contributed by atoms with van der Waals surface area (Å²) in [4.78, 5) is 17.6. The molecule has 4 heteroatoms. The number of nitrogens with zero attached hydrogens (tertiary/aromatic N) is 2. The van der Waals surface area contributed by atoms with Crippen molar-refractivity contribution in [3.63, 3.8) is 0 Å². The number of anilines is 1. The van der Waals surface area contributed by atoms with E-state index in [1.165, 1.54) is 32.0 Å². The van der Waals surface area contributed by atoms with Gasteiger partial charge in [0.05, 0.1) is 0 Å². The van der Waals surface area contributed by atoms with Crippen LogP contribution in [0.3, 0.4) is 0 Å². The standard InChI is InChI=1S/C30H37FN2O/c1-22-17-25(11-5-4-8-14-32-15-9-10-16-32)18-23(2)29(22)33-21-26(19-24(3)30(33)34)20-27-12-6-7-13-28(27)31/h6-7,12-13,17-18,24,26H,4,8-10,14-16,19-21H2,1-3H3/t24-,26-/m1/s1. The average molecular weight is 461 g/mol. The first-order valence-corrected chi connectivity index (χ1v) is 12.8. The molecular formula is C30H37FN2O. The first kappa shape index (κ1) is 24.5. The van der Waals surface area contributed by atoms with Crippen LogP contribution in [-0.2, 0) is 11.2 Å². The van der Waals surface area contributed by atoms with E-state index in [0.29, 0.717) is 13.0 Å². The van der Waals surface area contributed by atoms with Crippen molar-refractivity contribution in [2.45, 2.75) is 59.3 Å². The van der Waals surface area contributed by atoms with E-state index >= 15 is 0 Å². The van der Waals surface area contributed by atoms with Crippen LogP contribution in [0.5, 0.6) is 0 Å². The second kappa shape index (κ2) is 11.2. The molecule has 0 unspecified atom stereocenters. The summed E-state index contributed by atoms with van der Waals surface area (Å²) >= 11 is 0. The number of hydrogen-bond donors (Lipinski definition) is 0. The molecule has 0 spiro atoms. The molecule has 0 aliphatic carbocycles. The molecule has 0 bridgehead atoms. The van der Waals surface area contributed by atoms with Crippen molar-refractivity contribution in [3.05, 3.63) is 64.5 Å². The van der Waals surface area contributed by atoms with Gasteiger partial charge >= 0.3 is 0 Å². The summed E-state index contributed by atoms with van der Waals surface area (Å²) in [5, 5.41) is 0. The zero-order valence-electron chi connectivity index (χ0n) is 20.9. The molecule has 2 atom stereocenters. The van der Waals surface area contributed by atoms with Gasteiger partial charge in [-0.2, -0.15) is 0 Å². The normalized spacial score (nSPS) is 20.9. The van der Waals surface area contributed by atoms with Crippen LogP contribution < -0.4 is 4.90 Å². The number of carbonyl (C=O) groups excluding carboxylic acids is 1. The summed E-state index contributed by atoms with van der Waals surface area (Å²) in [6.45, 7) is 10.4. The third-order valence-corrected chi connectivity index (χ3v) is 7.25.